The first-order valence-corrected chi connectivity index (χ1v) is 7.24. The third kappa shape index (κ3) is 4.05. The zero-order valence-corrected chi connectivity index (χ0v) is 11.3. The quantitative estimate of drug-likeness (QED) is 0.823. The van der Waals surface area contributed by atoms with Gasteiger partial charge in [0.15, 0.2) is 0 Å². The molecule has 2 aromatic rings. The van der Waals surface area contributed by atoms with Gasteiger partial charge in [-0.25, -0.2) is 4.98 Å². The molecule has 0 aliphatic heterocycles. The van der Waals surface area contributed by atoms with E-state index in [1.165, 1.54) is 11.8 Å². The van der Waals surface area contributed by atoms with E-state index in [9.17, 15) is 4.79 Å². The van der Waals surface area contributed by atoms with Gasteiger partial charge in [0.1, 0.15) is 5.82 Å². The molecule has 3 N–H and O–H groups in total. The van der Waals surface area contributed by atoms with Crippen LogP contribution in [0.2, 0.25) is 0 Å². The number of pyridine rings is 1. The Morgan fingerprint density at radius 2 is 2.33 bits per heavy atom. The Kier molecular flexibility index (Phi) is 4.60. The van der Waals surface area contributed by atoms with Crippen molar-refractivity contribution in [2.24, 2.45) is 0 Å². The summed E-state index contributed by atoms with van der Waals surface area (Å²) in [7, 11) is 0. The number of thiophene rings is 1. The first-order chi connectivity index (χ1) is 8.74. The largest absolute Gasteiger partial charge is 0.384 e. The summed E-state index contributed by atoms with van der Waals surface area (Å²) in [5, 5.41) is 4.87. The third-order valence-corrected chi connectivity index (χ3v) is 4.03. The van der Waals surface area contributed by atoms with Gasteiger partial charge in [0.25, 0.3) is 0 Å². The number of hydrogen-bond acceptors (Lipinski definition) is 5. The third-order valence-electron chi connectivity index (χ3n) is 2.17. The van der Waals surface area contributed by atoms with Crippen molar-refractivity contribution in [3.05, 3.63) is 40.7 Å². The number of carbonyl (C=O) groups excluding carboxylic acids is 1. The van der Waals surface area contributed by atoms with E-state index in [-0.39, 0.29) is 5.91 Å². The second-order valence-electron chi connectivity index (χ2n) is 3.56. The molecule has 2 aromatic heterocycles. The SMILES string of the molecule is Nc1ccc(SCC(=O)NCc2cccs2)cn1. The number of aromatic nitrogens is 1. The number of anilines is 1. The molecule has 0 unspecified atom stereocenters. The zero-order valence-electron chi connectivity index (χ0n) is 9.63. The lowest BCUT2D eigenvalue weighted by Crippen LogP contribution is -2.24. The fraction of sp³-hybridized carbons (Fsp3) is 0.167. The van der Waals surface area contributed by atoms with E-state index in [4.69, 9.17) is 5.73 Å². The molecule has 0 saturated heterocycles. The van der Waals surface area contributed by atoms with Crippen LogP contribution in [0.5, 0.6) is 0 Å². The molecule has 0 atom stereocenters. The highest BCUT2D eigenvalue weighted by molar-refractivity contribution is 8.00. The molecule has 0 aliphatic rings. The molecule has 2 rings (SSSR count). The number of nitrogens with two attached hydrogens (primary N) is 1. The molecule has 0 fully saturated rings. The molecule has 0 spiro atoms. The minimum atomic E-state index is 0.0187. The van der Waals surface area contributed by atoms with Crippen LogP contribution >= 0.6 is 23.1 Å². The van der Waals surface area contributed by atoms with Crippen molar-refractivity contribution in [3.8, 4) is 0 Å². The molecule has 1 amide bonds. The summed E-state index contributed by atoms with van der Waals surface area (Å²) >= 11 is 3.08. The number of thioether (sulfide) groups is 1. The highest BCUT2D eigenvalue weighted by atomic mass is 32.2. The van der Waals surface area contributed by atoms with Crippen molar-refractivity contribution in [3.63, 3.8) is 0 Å². The summed E-state index contributed by atoms with van der Waals surface area (Å²) in [6, 6.07) is 7.56. The Hall–Kier alpha value is -1.53. The summed E-state index contributed by atoms with van der Waals surface area (Å²) in [6.45, 7) is 0.594. The Bertz CT molecular complexity index is 497. The van der Waals surface area contributed by atoms with Gasteiger partial charge in [-0.05, 0) is 23.6 Å². The Labute approximate surface area is 114 Å². The zero-order chi connectivity index (χ0) is 12.8. The smallest absolute Gasteiger partial charge is 0.230 e. The second kappa shape index (κ2) is 6.42. The van der Waals surface area contributed by atoms with Gasteiger partial charge in [-0.1, -0.05) is 6.07 Å². The van der Waals surface area contributed by atoms with E-state index >= 15 is 0 Å². The van der Waals surface area contributed by atoms with Crippen LogP contribution in [-0.4, -0.2) is 16.6 Å². The van der Waals surface area contributed by atoms with Gasteiger partial charge < -0.3 is 11.1 Å². The fourth-order valence-corrected chi connectivity index (χ4v) is 2.61. The lowest BCUT2D eigenvalue weighted by atomic mass is 10.4. The molecule has 6 heteroatoms. The number of nitrogens with zero attached hydrogens (tertiary/aromatic N) is 1. The Morgan fingerprint density at radius 3 is 3.00 bits per heavy atom. The number of carbonyl (C=O) groups is 1. The Morgan fingerprint density at radius 1 is 1.44 bits per heavy atom. The summed E-state index contributed by atoms with van der Waals surface area (Å²) in [5.41, 5.74) is 5.49. The molecule has 2 heterocycles. The van der Waals surface area contributed by atoms with Crippen LogP contribution in [0, 0.1) is 0 Å². The van der Waals surface area contributed by atoms with Crippen molar-refractivity contribution in [1.82, 2.24) is 10.3 Å². The predicted molar refractivity (Wildman–Crippen MR) is 75.5 cm³/mol. The molecular weight excluding hydrogens is 266 g/mol. The van der Waals surface area contributed by atoms with E-state index in [1.54, 1.807) is 23.6 Å². The lowest BCUT2D eigenvalue weighted by Gasteiger charge is -2.03. The van der Waals surface area contributed by atoms with Crippen LogP contribution in [0.15, 0.2) is 40.7 Å². The highest BCUT2D eigenvalue weighted by Gasteiger charge is 2.03. The average molecular weight is 279 g/mol. The van der Waals surface area contributed by atoms with Gasteiger partial charge in [-0.2, -0.15) is 0 Å². The molecule has 0 bridgehead atoms. The molecule has 0 aliphatic carbocycles. The van der Waals surface area contributed by atoms with Gasteiger partial charge in [0.2, 0.25) is 5.91 Å². The normalized spacial score (nSPS) is 10.2. The van der Waals surface area contributed by atoms with Gasteiger partial charge in [-0.3, -0.25) is 4.79 Å². The summed E-state index contributed by atoms with van der Waals surface area (Å²) < 4.78 is 0. The van der Waals surface area contributed by atoms with Gasteiger partial charge >= 0.3 is 0 Å². The minimum absolute atomic E-state index is 0.0187. The first kappa shape index (κ1) is 12.9. The molecule has 0 aromatic carbocycles. The topological polar surface area (TPSA) is 68.0 Å². The summed E-state index contributed by atoms with van der Waals surface area (Å²) in [6.07, 6.45) is 1.67. The standard InChI is InChI=1S/C12H13N3OS2/c13-11-4-3-10(6-14-11)18-8-12(16)15-7-9-2-1-5-17-9/h1-6H,7-8H2,(H2,13,14)(H,15,16). The number of nitrogen functional groups attached to an aromatic ring is 1. The second-order valence-corrected chi connectivity index (χ2v) is 5.64. The molecule has 94 valence electrons. The molecular formula is C12H13N3OS2. The van der Waals surface area contributed by atoms with E-state index in [0.29, 0.717) is 18.1 Å². The van der Waals surface area contributed by atoms with E-state index in [1.807, 2.05) is 23.6 Å². The van der Waals surface area contributed by atoms with E-state index in [2.05, 4.69) is 10.3 Å². The van der Waals surface area contributed by atoms with Crippen LogP contribution < -0.4 is 11.1 Å². The van der Waals surface area contributed by atoms with Crippen molar-refractivity contribution in [2.75, 3.05) is 11.5 Å². The van der Waals surface area contributed by atoms with Crippen molar-refractivity contribution < 1.29 is 4.79 Å². The number of rotatable bonds is 5. The summed E-state index contributed by atoms with van der Waals surface area (Å²) in [4.78, 5) is 17.7. The van der Waals surface area contributed by atoms with Crippen LogP contribution in [-0.2, 0) is 11.3 Å². The fourth-order valence-electron chi connectivity index (χ4n) is 1.28. The van der Waals surface area contributed by atoms with Gasteiger partial charge in [0, 0.05) is 16.0 Å². The van der Waals surface area contributed by atoms with Crippen molar-refractivity contribution in [1.29, 1.82) is 0 Å². The van der Waals surface area contributed by atoms with E-state index < -0.39 is 0 Å². The maximum absolute atomic E-state index is 11.6. The predicted octanol–water partition coefficient (Wildman–Crippen LogP) is 2.13. The minimum Gasteiger partial charge on any atom is -0.384 e. The number of amides is 1. The van der Waals surface area contributed by atoms with Crippen LogP contribution in [0.25, 0.3) is 0 Å². The van der Waals surface area contributed by atoms with Crippen LogP contribution in [0.1, 0.15) is 4.88 Å². The average Bonchev–Trinajstić information content (AvgIpc) is 2.89. The van der Waals surface area contributed by atoms with E-state index in [0.717, 1.165) is 9.77 Å². The van der Waals surface area contributed by atoms with Crippen LogP contribution in [0.3, 0.4) is 0 Å². The lowest BCUT2D eigenvalue weighted by molar-refractivity contribution is -0.118. The monoisotopic (exact) mass is 279 g/mol. The van der Waals surface area contributed by atoms with Gasteiger partial charge in [-0.15, -0.1) is 23.1 Å². The maximum Gasteiger partial charge on any atom is 0.230 e. The van der Waals surface area contributed by atoms with Crippen molar-refractivity contribution in [2.45, 2.75) is 11.4 Å². The maximum atomic E-state index is 11.6. The van der Waals surface area contributed by atoms with Crippen molar-refractivity contribution >= 4 is 34.8 Å². The summed E-state index contributed by atoms with van der Waals surface area (Å²) in [5.74, 6) is 0.892. The molecule has 0 radical (unpaired) electrons. The molecule has 4 nitrogen and oxygen atoms in total. The molecule has 0 saturated carbocycles. The highest BCUT2D eigenvalue weighted by Crippen LogP contribution is 2.17. The number of hydrogen-bond donors (Lipinski definition) is 2. The van der Waals surface area contributed by atoms with Gasteiger partial charge in [0.05, 0.1) is 12.3 Å². The number of nitrogens with one attached hydrogen (secondary N) is 1. The molecule has 18 heavy (non-hydrogen) atoms. The Balaban J connectivity index is 1.73. The van der Waals surface area contributed by atoms with Crippen LogP contribution in [0.4, 0.5) is 5.82 Å². The first-order valence-electron chi connectivity index (χ1n) is 5.37.